The Morgan fingerprint density at radius 3 is 2.82 bits per heavy atom. The summed E-state index contributed by atoms with van der Waals surface area (Å²) in [6.07, 6.45) is 1.63. The van der Waals surface area contributed by atoms with Crippen molar-refractivity contribution in [1.29, 1.82) is 0 Å². The van der Waals surface area contributed by atoms with Gasteiger partial charge in [-0.1, -0.05) is 6.07 Å². The van der Waals surface area contributed by atoms with Gasteiger partial charge < -0.3 is 15.5 Å². The van der Waals surface area contributed by atoms with Gasteiger partial charge in [-0.3, -0.25) is 9.78 Å². The maximum absolute atomic E-state index is 11.1. The molecule has 1 heterocycles. The third kappa shape index (κ3) is 5.99. The van der Waals surface area contributed by atoms with Crippen molar-refractivity contribution in [2.45, 2.75) is 32.5 Å². The van der Waals surface area contributed by atoms with E-state index >= 15 is 0 Å². The van der Waals surface area contributed by atoms with Gasteiger partial charge in [0.2, 0.25) is 5.91 Å². The molecule has 0 saturated heterocycles. The quantitative estimate of drug-likeness (QED) is 0.486. The van der Waals surface area contributed by atoms with E-state index in [9.17, 15) is 4.79 Å². The molecule has 1 aromatic heterocycles. The number of nitrogens with zero attached hydrogens (tertiary/aromatic N) is 1. The number of carbonyl (C=O) groups is 1. The van der Waals surface area contributed by atoms with Gasteiger partial charge in [-0.05, 0) is 31.4 Å². The molecule has 0 radical (unpaired) electrons. The van der Waals surface area contributed by atoms with Gasteiger partial charge in [-0.2, -0.15) is 0 Å². The van der Waals surface area contributed by atoms with E-state index in [4.69, 9.17) is 10.2 Å². The number of amides is 1. The summed E-state index contributed by atoms with van der Waals surface area (Å²) in [7, 11) is 0. The van der Waals surface area contributed by atoms with Crippen molar-refractivity contribution in [3.8, 4) is 0 Å². The molecule has 5 nitrogen and oxygen atoms in total. The number of pyridine rings is 1. The van der Waals surface area contributed by atoms with Crippen LogP contribution in [0.15, 0.2) is 18.3 Å². The monoisotopic (exact) mass is 238 g/mol. The summed E-state index contributed by atoms with van der Waals surface area (Å²) in [6, 6.07) is 3.97. The molecular weight excluding hydrogens is 220 g/mol. The van der Waals surface area contributed by atoms with E-state index in [2.05, 4.69) is 10.3 Å². The highest BCUT2D eigenvalue weighted by Gasteiger charge is 2.05. The molecule has 0 aromatic carbocycles. The topological polar surface area (TPSA) is 82.5 Å². The number of hydrogen-bond donors (Lipinski definition) is 3. The van der Waals surface area contributed by atoms with Crippen LogP contribution in [0.3, 0.4) is 0 Å². The van der Waals surface area contributed by atoms with Crippen LogP contribution in [0.1, 0.15) is 24.1 Å². The van der Waals surface area contributed by atoms with E-state index in [0.29, 0.717) is 6.54 Å². The fraction of sp³-hybridized carbons (Fsp3) is 0.500. The average Bonchev–Trinajstić information content (AvgIpc) is 2.26. The largest absolute Gasteiger partial charge is 0.368 e. The Labute approximate surface area is 101 Å². The minimum absolute atomic E-state index is 0.272. The van der Waals surface area contributed by atoms with E-state index < -0.39 is 6.29 Å². The molecule has 94 valence electrons. The Hall–Kier alpha value is -1.46. The molecule has 0 aliphatic carbocycles. The fourth-order valence-corrected chi connectivity index (χ4v) is 1.40. The van der Waals surface area contributed by atoms with Gasteiger partial charge in [0.05, 0.1) is 6.42 Å². The number of nitrogens with one attached hydrogen (secondary N) is 1. The smallest absolute Gasteiger partial charge is 0.225 e. The maximum Gasteiger partial charge on any atom is 0.225 e. The lowest BCUT2D eigenvalue weighted by atomic mass is 10.1. The Morgan fingerprint density at radius 2 is 2.24 bits per heavy atom. The summed E-state index contributed by atoms with van der Waals surface area (Å²) in [5, 5.41) is 19.8. The molecule has 1 amide bonds. The van der Waals surface area contributed by atoms with E-state index in [1.54, 1.807) is 0 Å². The van der Waals surface area contributed by atoms with Crippen LogP contribution in [0.25, 0.3) is 0 Å². The second-order valence-electron chi connectivity index (χ2n) is 3.95. The number of aryl methyl sites for hydroxylation is 2. The fourth-order valence-electron chi connectivity index (χ4n) is 1.40. The molecule has 0 saturated carbocycles. The number of aromatic nitrogens is 1. The minimum Gasteiger partial charge on any atom is -0.368 e. The zero-order valence-corrected chi connectivity index (χ0v) is 9.89. The van der Waals surface area contributed by atoms with Gasteiger partial charge in [-0.15, -0.1) is 0 Å². The van der Waals surface area contributed by atoms with Crippen molar-refractivity contribution >= 4 is 5.91 Å². The molecule has 0 unspecified atom stereocenters. The first kappa shape index (κ1) is 13.6. The SMILES string of the molecule is Cc1ccc(CCCNC(=O)CC(O)O)cn1. The number of aliphatic hydroxyl groups excluding tert-OH is 1. The molecule has 0 spiro atoms. The number of carbonyl (C=O) groups excluding carboxylic acids is 1. The first-order chi connectivity index (χ1) is 8.08. The van der Waals surface area contributed by atoms with Crippen LogP contribution >= 0.6 is 0 Å². The molecule has 0 aliphatic heterocycles. The summed E-state index contributed by atoms with van der Waals surface area (Å²) in [5.41, 5.74) is 2.12. The van der Waals surface area contributed by atoms with Gasteiger partial charge in [0.1, 0.15) is 0 Å². The van der Waals surface area contributed by atoms with Crippen LogP contribution in [-0.2, 0) is 11.2 Å². The molecule has 1 aromatic rings. The van der Waals surface area contributed by atoms with Crippen molar-refractivity contribution in [2.24, 2.45) is 0 Å². The molecule has 0 atom stereocenters. The summed E-state index contributed by atoms with van der Waals surface area (Å²) < 4.78 is 0. The van der Waals surface area contributed by atoms with E-state index in [-0.39, 0.29) is 12.3 Å². The van der Waals surface area contributed by atoms with Gasteiger partial charge in [0, 0.05) is 18.4 Å². The summed E-state index contributed by atoms with van der Waals surface area (Å²) in [4.78, 5) is 15.2. The average molecular weight is 238 g/mol. The maximum atomic E-state index is 11.1. The van der Waals surface area contributed by atoms with Crippen LogP contribution in [0, 0.1) is 6.92 Å². The van der Waals surface area contributed by atoms with E-state index in [0.717, 1.165) is 24.1 Å². The van der Waals surface area contributed by atoms with Crippen LogP contribution in [-0.4, -0.2) is 33.9 Å². The van der Waals surface area contributed by atoms with Gasteiger partial charge in [-0.25, -0.2) is 0 Å². The highest BCUT2D eigenvalue weighted by Crippen LogP contribution is 2.02. The second-order valence-corrected chi connectivity index (χ2v) is 3.95. The predicted octanol–water partition coefficient (Wildman–Crippen LogP) is 0.140. The first-order valence-corrected chi connectivity index (χ1v) is 5.62. The molecule has 3 N–H and O–H groups in total. The molecule has 5 heteroatoms. The molecule has 17 heavy (non-hydrogen) atoms. The van der Waals surface area contributed by atoms with Crippen molar-refractivity contribution in [3.05, 3.63) is 29.6 Å². The van der Waals surface area contributed by atoms with Gasteiger partial charge in [0.15, 0.2) is 6.29 Å². The highest BCUT2D eigenvalue weighted by molar-refractivity contribution is 5.76. The number of hydrogen-bond acceptors (Lipinski definition) is 4. The predicted molar refractivity (Wildman–Crippen MR) is 63.1 cm³/mol. The van der Waals surface area contributed by atoms with Gasteiger partial charge >= 0.3 is 0 Å². The van der Waals surface area contributed by atoms with Crippen LogP contribution in [0.2, 0.25) is 0 Å². The normalized spacial score (nSPS) is 10.6. The highest BCUT2D eigenvalue weighted by atomic mass is 16.5. The number of aliphatic hydroxyl groups is 2. The third-order valence-electron chi connectivity index (χ3n) is 2.30. The van der Waals surface area contributed by atoms with Crippen LogP contribution in [0.4, 0.5) is 0 Å². The Morgan fingerprint density at radius 1 is 1.47 bits per heavy atom. The minimum atomic E-state index is -1.57. The third-order valence-corrected chi connectivity index (χ3v) is 2.30. The lowest BCUT2D eigenvalue weighted by Gasteiger charge is -2.06. The lowest BCUT2D eigenvalue weighted by molar-refractivity contribution is -0.129. The lowest BCUT2D eigenvalue weighted by Crippen LogP contribution is -2.28. The standard InChI is InChI=1S/C12H18N2O3/c1-9-4-5-10(8-14-9)3-2-6-13-11(15)7-12(16)17/h4-5,8,12,16-17H,2-3,6-7H2,1H3,(H,13,15). The van der Waals surface area contributed by atoms with Crippen LogP contribution < -0.4 is 5.32 Å². The summed E-state index contributed by atoms with van der Waals surface area (Å²) >= 11 is 0. The molecule has 0 aliphatic rings. The molecule has 0 bridgehead atoms. The Bertz CT molecular complexity index is 349. The van der Waals surface area contributed by atoms with Crippen molar-refractivity contribution < 1.29 is 15.0 Å². The number of rotatable bonds is 6. The second kappa shape index (κ2) is 6.98. The zero-order chi connectivity index (χ0) is 12.7. The summed E-state index contributed by atoms with van der Waals surface area (Å²) in [5.74, 6) is -0.345. The Balaban J connectivity index is 2.16. The van der Waals surface area contributed by atoms with Crippen molar-refractivity contribution in [2.75, 3.05) is 6.54 Å². The van der Waals surface area contributed by atoms with Gasteiger partial charge in [0.25, 0.3) is 0 Å². The zero-order valence-electron chi connectivity index (χ0n) is 9.89. The molecule has 1 rings (SSSR count). The van der Waals surface area contributed by atoms with E-state index in [1.807, 2.05) is 25.3 Å². The first-order valence-electron chi connectivity index (χ1n) is 5.62. The Kier molecular flexibility index (Phi) is 5.59. The molecular formula is C12H18N2O3. The van der Waals surface area contributed by atoms with Crippen molar-refractivity contribution in [3.63, 3.8) is 0 Å². The van der Waals surface area contributed by atoms with E-state index in [1.165, 1.54) is 0 Å². The van der Waals surface area contributed by atoms with Crippen molar-refractivity contribution in [1.82, 2.24) is 10.3 Å². The molecule has 0 fully saturated rings. The van der Waals surface area contributed by atoms with Crippen LogP contribution in [0.5, 0.6) is 0 Å². The summed E-state index contributed by atoms with van der Waals surface area (Å²) in [6.45, 7) is 2.46.